The molecule has 1 aromatic heterocycles. The van der Waals surface area contributed by atoms with Crippen LogP contribution in [0.1, 0.15) is 22.0 Å². The van der Waals surface area contributed by atoms with Crippen molar-refractivity contribution in [2.24, 2.45) is 0 Å². The first kappa shape index (κ1) is 15.2. The van der Waals surface area contributed by atoms with Crippen LogP contribution < -0.4 is 14.8 Å². The minimum absolute atomic E-state index is 0.0187. The third kappa shape index (κ3) is 2.92. The van der Waals surface area contributed by atoms with Crippen molar-refractivity contribution in [1.82, 2.24) is 5.32 Å². The van der Waals surface area contributed by atoms with Gasteiger partial charge in [-0.2, -0.15) is 0 Å². The predicted octanol–water partition coefficient (Wildman–Crippen LogP) is 4.04. The monoisotopic (exact) mass is 311 g/mol. The third-order valence-electron chi connectivity index (χ3n) is 3.18. The number of methoxy groups -OCH3 is 2. The molecule has 0 aliphatic rings. The normalized spacial score (nSPS) is 12.2. The van der Waals surface area contributed by atoms with Crippen molar-refractivity contribution in [2.45, 2.75) is 13.0 Å². The highest BCUT2D eigenvalue weighted by Gasteiger charge is 2.19. The lowest BCUT2D eigenvalue weighted by atomic mass is 10.0. The minimum Gasteiger partial charge on any atom is -0.497 e. The van der Waals surface area contributed by atoms with Crippen LogP contribution in [0.3, 0.4) is 0 Å². The largest absolute Gasteiger partial charge is 0.497 e. The molecular weight excluding hydrogens is 294 g/mol. The van der Waals surface area contributed by atoms with Crippen LogP contribution in [0.4, 0.5) is 0 Å². The van der Waals surface area contributed by atoms with Crippen molar-refractivity contribution in [3.05, 3.63) is 44.6 Å². The molecule has 2 rings (SSSR count). The molecule has 1 aromatic carbocycles. The van der Waals surface area contributed by atoms with Gasteiger partial charge in [-0.3, -0.25) is 0 Å². The van der Waals surface area contributed by atoms with Gasteiger partial charge in [0, 0.05) is 10.9 Å². The molecular formula is C15H18ClNO2S. The maximum Gasteiger partial charge on any atom is 0.122 e. The zero-order valence-electron chi connectivity index (χ0n) is 12.0. The molecule has 2 aromatic rings. The lowest BCUT2D eigenvalue weighted by Crippen LogP contribution is -2.17. The summed E-state index contributed by atoms with van der Waals surface area (Å²) in [7, 11) is 5.21. The van der Waals surface area contributed by atoms with Gasteiger partial charge in [-0.25, -0.2) is 0 Å². The van der Waals surface area contributed by atoms with E-state index in [4.69, 9.17) is 21.1 Å². The van der Waals surface area contributed by atoms with E-state index in [1.54, 1.807) is 25.6 Å². The van der Waals surface area contributed by atoms with E-state index in [1.807, 2.05) is 32.2 Å². The summed E-state index contributed by atoms with van der Waals surface area (Å²) in [5.41, 5.74) is 2.16. The van der Waals surface area contributed by atoms with E-state index in [-0.39, 0.29) is 6.04 Å². The van der Waals surface area contributed by atoms with Crippen molar-refractivity contribution >= 4 is 22.9 Å². The van der Waals surface area contributed by atoms with Crippen LogP contribution >= 0.6 is 22.9 Å². The number of hydrogen-bond acceptors (Lipinski definition) is 4. The molecule has 0 bridgehead atoms. The van der Waals surface area contributed by atoms with Gasteiger partial charge >= 0.3 is 0 Å². The number of halogens is 1. The molecule has 1 heterocycles. The smallest absolute Gasteiger partial charge is 0.122 e. The highest BCUT2D eigenvalue weighted by atomic mass is 35.5. The van der Waals surface area contributed by atoms with Gasteiger partial charge in [0.05, 0.1) is 25.3 Å². The highest BCUT2D eigenvalue weighted by Crippen LogP contribution is 2.37. The number of nitrogens with one attached hydrogen (secondary N) is 1. The summed E-state index contributed by atoms with van der Waals surface area (Å²) < 4.78 is 10.7. The minimum atomic E-state index is 0.0187. The maximum atomic E-state index is 6.39. The summed E-state index contributed by atoms with van der Waals surface area (Å²) in [5, 5.41) is 6.19. The van der Waals surface area contributed by atoms with E-state index in [0.29, 0.717) is 0 Å². The molecule has 0 amide bonds. The molecule has 0 aliphatic heterocycles. The van der Waals surface area contributed by atoms with Crippen LogP contribution in [0.15, 0.2) is 23.6 Å². The van der Waals surface area contributed by atoms with Crippen LogP contribution in [0.2, 0.25) is 5.02 Å². The molecule has 0 radical (unpaired) electrons. The zero-order valence-corrected chi connectivity index (χ0v) is 13.6. The van der Waals surface area contributed by atoms with Crippen LogP contribution in [0, 0.1) is 6.92 Å². The highest BCUT2D eigenvalue weighted by molar-refractivity contribution is 7.10. The molecule has 3 nitrogen and oxygen atoms in total. The Kier molecular flexibility index (Phi) is 4.91. The van der Waals surface area contributed by atoms with Crippen molar-refractivity contribution in [3.63, 3.8) is 0 Å². The number of hydrogen-bond donors (Lipinski definition) is 1. The van der Waals surface area contributed by atoms with E-state index >= 15 is 0 Å². The fourth-order valence-corrected chi connectivity index (χ4v) is 3.53. The molecule has 5 heteroatoms. The van der Waals surface area contributed by atoms with Crippen LogP contribution in [0.5, 0.6) is 11.5 Å². The number of aryl methyl sites for hydroxylation is 1. The van der Waals surface area contributed by atoms with Gasteiger partial charge in [0.15, 0.2) is 0 Å². The average Bonchev–Trinajstić information content (AvgIpc) is 2.80. The van der Waals surface area contributed by atoms with Gasteiger partial charge in [-0.15, -0.1) is 11.3 Å². The molecule has 108 valence electrons. The van der Waals surface area contributed by atoms with E-state index in [0.717, 1.165) is 32.5 Å². The SMILES string of the molecule is CNC(c1cc(OC)cc(OC)c1)c1scc(C)c1Cl. The third-order valence-corrected chi connectivity index (χ3v) is 4.96. The molecule has 0 saturated heterocycles. The molecule has 0 spiro atoms. The van der Waals surface area contributed by atoms with Gasteiger partial charge < -0.3 is 14.8 Å². The molecule has 1 N–H and O–H groups in total. The summed E-state index contributed by atoms with van der Waals surface area (Å²) in [6.45, 7) is 2.02. The Morgan fingerprint density at radius 1 is 1.15 bits per heavy atom. The number of thiophene rings is 1. The number of ether oxygens (including phenoxy) is 2. The standard InChI is InChI=1S/C15H18ClNO2S/c1-9-8-20-15(13(9)16)14(17-2)10-5-11(18-3)7-12(6-10)19-4/h5-8,14,17H,1-4H3. The summed E-state index contributed by atoms with van der Waals surface area (Å²) in [6.07, 6.45) is 0. The van der Waals surface area contributed by atoms with Crippen LogP contribution in [-0.2, 0) is 0 Å². The molecule has 0 fully saturated rings. The Labute approximate surface area is 128 Å². The van der Waals surface area contributed by atoms with E-state index in [1.165, 1.54) is 0 Å². The van der Waals surface area contributed by atoms with Gasteiger partial charge in [0.1, 0.15) is 11.5 Å². The summed E-state index contributed by atoms with van der Waals surface area (Å²) >= 11 is 8.04. The lowest BCUT2D eigenvalue weighted by molar-refractivity contribution is 0.392. The number of rotatable bonds is 5. The van der Waals surface area contributed by atoms with Gasteiger partial charge in [0.25, 0.3) is 0 Å². The summed E-state index contributed by atoms with van der Waals surface area (Å²) in [4.78, 5) is 1.10. The molecule has 1 atom stereocenters. The molecule has 20 heavy (non-hydrogen) atoms. The first-order valence-electron chi connectivity index (χ1n) is 6.24. The maximum absolute atomic E-state index is 6.39. The van der Waals surface area contributed by atoms with Crippen molar-refractivity contribution < 1.29 is 9.47 Å². The Bertz CT molecular complexity index is 575. The van der Waals surface area contributed by atoms with E-state index < -0.39 is 0 Å². The summed E-state index contributed by atoms with van der Waals surface area (Å²) in [5.74, 6) is 1.54. The second-order valence-electron chi connectivity index (χ2n) is 4.46. The van der Waals surface area contributed by atoms with Crippen molar-refractivity contribution in [1.29, 1.82) is 0 Å². The van der Waals surface area contributed by atoms with Gasteiger partial charge in [-0.1, -0.05) is 11.6 Å². The van der Waals surface area contributed by atoms with Gasteiger partial charge in [0.2, 0.25) is 0 Å². The van der Waals surface area contributed by atoms with Crippen LogP contribution in [-0.4, -0.2) is 21.3 Å². The van der Waals surface area contributed by atoms with Crippen LogP contribution in [0.25, 0.3) is 0 Å². The van der Waals surface area contributed by atoms with Crippen molar-refractivity contribution in [3.8, 4) is 11.5 Å². The molecule has 1 unspecified atom stereocenters. The Morgan fingerprint density at radius 3 is 2.15 bits per heavy atom. The van der Waals surface area contributed by atoms with E-state index in [2.05, 4.69) is 10.7 Å². The predicted molar refractivity (Wildman–Crippen MR) is 84.5 cm³/mol. The first-order valence-corrected chi connectivity index (χ1v) is 7.50. The molecule has 0 aliphatic carbocycles. The average molecular weight is 312 g/mol. The fraction of sp³-hybridized carbons (Fsp3) is 0.333. The van der Waals surface area contributed by atoms with Gasteiger partial charge in [-0.05, 0) is 42.6 Å². The lowest BCUT2D eigenvalue weighted by Gasteiger charge is -2.18. The Hall–Kier alpha value is -1.23. The summed E-state index contributed by atoms with van der Waals surface area (Å²) in [6, 6.07) is 5.87. The van der Waals surface area contributed by atoms with Crippen molar-refractivity contribution in [2.75, 3.05) is 21.3 Å². The molecule has 0 saturated carbocycles. The van der Waals surface area contributed by atoms with E-state index in [9.17, 15) is 0 Å². The second kappa shape index (κ2) is 6.48. The fourth-order valence-electron chi connectivity index (χ4n) is 2.09. The topological polar surface area (TPSA) is 30.5 Å². The Morgan fingerprint density at radius 2 is 1.75 bits per heavy atom. The zero-order chi connectivity index (χ0) is 14.7. The Balaban J connectivity index is 2.48. The number of benzene rings is 1. The first-order chi connectivity index (χ1) is 9.60. The quantitative estimate of drug-likeness (QED) is 0.904. The second-order valence-corrected chi connectivity index (χ2v) is 5.75.